The lowest BCUT2D eigenvalue weighted by Crippen LogP contribution is -2.28. The van der Waals surface area contributed by atoms with Crippen LogP contribution in [-0.4, -0.2) is 18.3 Å². The molecule has 0 bridgehead atoms. The van der Waals surface area contributed by atoms with Crippen LogP contribution in [0.5, 0.6) is 0 Å². The van der Waals surface area contributed by atoms with Crippen molar-refractivity contribution in [1.82, 2.24) is 0 Å². The smallest absolute Gasteiger partial charge is 0.146 e. The molecule has 0 radical (unpaired) electrons. The van der Waals surface area contributed by atoms with Gasteiger partial charge in [0, 0.05) is 11.0 Å². The van der Waals surface area contributed by atoms with E-state index in [-0.39, 0.29) is 0 Å². The van der Waals surface area contributed by atoms with E-state index in [1.807, 2.05) is 0 Å². The average Bonchev–Trinajstić information content (AvgIpc) is 2.14. The van der Waals surface area contributed by atoms with E-state index in [1.54, 1.807) is 0 Å². The maximum Gasteiger partial charge on any atom is 0.146 e. The van der Waals surface area contributed by atoms with Gasteiger partial charge in [0.15, 0.2) is 0 Å². The fourth-order valence-corrected chi connectivity index (χ4v) is 0.223. The first kappa shape index (κ1) is 2.29. The predicted molar refractivity (Wildman–Crippen MR) is 41.6 cm³/mol. The zero-order chi connectivity index (χ0) is 16.1. The number of nitrogens with two attached hydrogens (primary N) is 2. The number of hydrogen-bond acceptors (Lipinski definition) is 3. The molecule has 0 aliphatic carbocycles. The molecule has 0 rings (SSSR count). The van der Waals surface area contributed by atoms with Crippen LogP contribution in [0.1, 0.15) is 38.4 Å². The lowest BCUT2D eigenvalue weighted by Gasteiger charge is -2.05. The van der Waals surface area contributed by atoms with Crippen LogP contribution in [0.4, 0.5) is 0 Å². The highest BCUT2D eigenvalue weighted by atomic mass is 16.1. The van der Waals surface area contributed by atoms with Gasteiger partial charge in [-0.05, 0) is 26.2 Å². The fourth-order valence-electron chi connectivity index (χ4n) is 0.223. The number of carbonyl (C=O) groups is 1. The van der Waals surface area contributed by atoms with Crippen molar-refractivity contribution in [3.05, 3.63) is 0 Å². The Bertz CT molecular complexity index is 373. The third-order valence-electron chi connectivity index (χ3n) is 0.711. The first-order chi connectivity index (χ1) is 7.94. The summed E-state index contributed by atoms with van der Waals surface area (Å²) in [6.45, 7) is -2.48. The van der Waals surface area contributed by atoms with Crippen LogP contribution in [0.2, 0.25) is 0 Å². The molecular formula is C7H16N2O. The molecule has 0 saturated carbocycles. The molecule has 0 amide bonds. The van der Waals surface area contributed by atoms with Crippen molar-refractivity contribution in [3.8, 4) is 0 Å². The van der Waals surface area contributed by atoms with E-state index in [9.17, 15) is 4.79 Å². The average molecular weight is 153 g/mol. The number of ketones is 1. The van der Waals surface area contributed by atoms with Gasteiger partial charge in [0.05, 0.1) is 7.39 Å². The van der Waals surface area contributed by atoms with Crippen LogP contribution in [0.3, 0.4) is 0 Å². The Labute approximate surface area is 74.4 Å². The largest absolute Gasteiger partial charge is 0.330 e. The first-order valence-corrected chi connectivity index (χ1v) is 2.53. The van der Waals surface area contributed by atoms with Crippen molar-refractivity contribution < 1.29 is 17.1 Å². The zero-order valence-corrected chi connectivity index (χ0v) is 5.56. The molecule has 1 atom stereocenters. The molecule has 0 heterocycles. The molecule has 0 unspecified atom stereocenters. The minimum atomic E-state index is -3.62. The normalized spacial score (nSPS) is 35.3. The molecule has 0 fully saturated rings. The molecule has 0 aromatic carbocycles. The van der Waals surface area contributed by atoms with Gasteiger partial charge in [0.25, 0.3) is 0 Å². The van der Waals surface area contributed by atoms with Gasteiger partial charge in [-0.3, -0.25) is 4.79 Å². The Kier molecular flexibility index (Phi) is 1.23. The Balaban J connectivity index is 5.99. The lowest BCUT2D eigenvalue weighted by molar-refractivity contribution is -0.118. The first-order valence-electron chi connectivity index (χ1n) is 7.03. The Morgan fingerprint density at radius 2 is 2.40 bits per heavy atom. The van der Waals surface area contributed by atoms with Crippen molar-refractivity contribution in [2.24, 2.45) is 11.5 Å². The highest BCUT2D eigenvalue weighted by Gasteiger charge is 2.05. The molecule has 60 valence electrons. The second-order valence-electron chi connectivity index (χ2n) is 1.49. The molecule has 0 spiro atoms. The Hall–Kier alpha value is -0.410. The summed E-state index contributed by atoms with van der Waals surface area (Å²) in [5.74, 6) is -1.23. The summed E-state index contributed by atoms with van der Waals surface area (Å²) < 4.78 is 66.2. The molecule has 0 aromatic rings. The van der Waals surface area contributed by atoms with Crippen molar-refractivity contribution in [1.29, 1.82) is 0 Å². The number of rotatable bonds is 5. The fraction of sp³-hybridized carbons (Fsp3) is 0.857. The molecule has 0 aliphatic rings. The molecule has 0 aromatic heterocycles. The summed E-state index contributed by atoms with van der Waals surface area (Å²) in [6.07, 6.45) is -10.7. The molecule has 10 heavy (non-hydrogen) atoms. The van der Waals surface area contributed by atoms with E-state index in [4.69, 9.17) is 23.8 Å². The molecule has 3 heteroatoms. The van der Waals surface area contributed by atoms with Crippen LogP contribution in [0.25, 0.3) is 0 Å². The van der Waals surface area contributed by atoms with E-state index in [1.165, 1.54) is 0 Å². The summed E-state index contributed by atoms with van der Waals surface area (Å²) in [7, 11) is 0. The van der Waals surface area contributed by atoms with Crippen LogP contribution in [0.15, 0.2) is 0 Å². The van der Waals surface area contributed by atoms with E-state index in [0.29, 0.717) is 0 Å². The summed E-state index contributed by atoms with van der Waals surface area (Å²) >= 11 is 0. The van der Waals surface area contributed by atoms with Gasteiger partial charge >= 0.3 is 0 Å². The molecule has 0 aliphatic heterocycles. The highest BCUT2D eigenvalue weighted by molar-refractivity contribution is 5.80. The van der Waals surface area contributed by atoms with Crippen molar-refractivity contribution in [2.75, 3.05) is 6.50 Å². The standard InChI is InChI=1S/C7H16N2O/c1-6(10)7(9)4-2-3-5-8/h7H,2-5,8-9H2,1H3/t7-/m1/s1/i2D2,3D2,4D2,5D2,7D. The minimum absolute atomic E-state index is 0.758. The zero-order valence-electron chi connectivity index (χ0n) is 14.6. The monoisotopic (exact) mass is 153 g/mol. The van der Waals surface area contributed by atoms with Gasteiger partial charge in [0.1, 0.15) is 5.78 Å². The lowest BCUT2D eigenvalue weighted by atomic mass is 10.1. The van der Waals surface area contributed by atoms with E-state index in [0.717, 1.165) is 6.92 Å². The summed E-state index contributed by atoms with van der Waals surface area (Å²) in [6, 6.07) is -3.09. The van der Waals surface area contributed by atoms with Gasteiger partial charge in [-0.25, -0.2) is 0 Å². The summed E-state index contributed by atoms with van der Waals surface area (Å²) in [5, 5.41) is 0. The molecule has 4 N–H and O–H groups in total. The predicted octanol–water partition coefficient (Wildman–Crippen LogP) is 0.0317. The highest BCUT2D eigenvalue weighted by Crippen LogP contribution is 1.97. The Morgan fingerprint density at radius 1 is 1.80 bits per heavy atom. The number of Topliss-reactive ketones (excluding diaryl/α,β-unsaturated/α-hetero) is 1. The second kappa shape index (κ2) is 5.38. The van der Waals surface area contributed by atoms with E-state index >= 15 is 0 Å². The van der Waals surface area contributed by atoms with E-state index in [2.05, 4.69) is 0 Å². The van der Waals surface area contributed by atoms with Crippen molar-refractivity contribution in [3.63, 3.8) is 0 Å². The van der Waals surface area contributed by atoms with Gasteiger partial charge in [-0.15, -0.1) is 0 Å². The maximum atomic E-state index is 11.2. The third-order valence-corrected chi connectivity index (χ3v) is 0.711. The van der Waals surface area contributed by atoms with Crippen LogP contribution in [0, 0.1) is 0 Å². The van der Waals surface area contributed by atoms with Crippen molar-refractivity contribution in [2.45, 2.75) is 32.1 Å². The van der Waals surface area contributed by atoms with E-state index < -0.39 is 37.4 Å². The van der Waals surface area contributed by atoms with Gasteiger partial charge < -0.3 is 11.5 Å². The van der Waals surface area contributed by atoms with Gasteiger partial charge in [-0.2, -0.15) is 0 Å². The van der Waals surface area contributed by atoms with Crippen LogP contribution in [-0.2, 0) is 4.79 Å². The third kappa shape index (κ3) is 4.47. The van der Waals surface area contributed by atoms with Crippen LogP contribution < -0.4 is 11.5 Å². The maximum absolute atomic E-state index is 11.2. The van der Waals surface area contributed by atoms with Gasteiger partial charge in [0.2, 0.25) is 0 Å². The topological polar surface area (TPSA) is 69.1 Å². The number of hydrogen-bond donors (Lipinski definition) is 2. The second-order valence-corrected chi connectivity index (χ2v) is 1.49. The molecule has 0 saturated heterocycles. The van der Waals surface area contributed by atoms with Gasteiger partial charge in [-0.1, -0.05) is 6.37 Å². The number of carbonyl (C=O) groups excluding carboxylic acids is 1. The van der Waals surface area contributed by atoms with Crippen molar-refractivity contribution >= 4 is 5.78 Å². The summed E-state index contributed by atoms with van der Waals surface area (Å²) in [4.78, 5) is 11.2. The van der Waals surface area contributed by atoms with Crippen LogP contribution >= 0.6 is 0 Å². The molecule has 3 nitrogen and oxygen atoms in total. The SMILES string of the molecule is [2H]C([2H])(N)C([2H])([2H])C([2H])([2H])C([2H])([2H])[C@@]([2H])(N)C(C)=O. The molecular weight excluding hydrogens is 128 g/mol. The summed E-state index contributed by atoms with van der Waals surface area (Å²) in [5.41, 5.74) is 10.0. The Morgan fingerprint density at radius 3 is 2.80 bits per heavy atom. The minimum Gasteiger partial charge on any atom is -0.330 e. The quantitative estimate of drug-likeness (QED) is 0.585.